The Labute approximate surface area is 143 Å². The van der Waals surface area contributed by atoms with E-state index in [4.69, 9.17) is 0 Å². The third-order valence-corrected chi connectivity index (χ3v) is 6.22. The summed E-state index contributed by atoms with van der Waals surface area (Å²) >= 11 is 0. The monoisotopic (exact) mass is 342 g/mol. The number of nitrogens with one attached hydrogen (secondary N) is 1. The number of likely N-dealkylation sites (N-methyl/N-ethyl adjacent to an activating group) is 1. The quantitative estimate of drug-likeness (QED) is 0.746. The van der Waals surface area contributed by atoms with Crippen LogP contribution < -0.4 is 0 Å². The lowest BCUT2D eigenvalue weighted by Crippen LogP contribution is -2.20. The topological polar surface area (TPSA) is 53.2 Å². The molecule has 0 amide bonds. The number of rotatable bonds is 6. The van der Waals surface area contributed by atoms with Gasteiger partial charge in [-0.05, 0) is 37.7 Å². The summed E-state index contributed by atoms with van der Waals surface area (Å²) < 4.78 is 25.8. The van der Waals surface area contributed by atoms with Gasteiger partial charge in [0.15, 0.2) is 0 Å². The molecular formula is C19H22N2O2S. The van der Waals surface area contributed by atoms with E-state index in [1.54, 1.807) is 30.5 Å². The highest BCUT2D eigenvalue weighted by atomic mass is 32.2. The van der Waals surface area contributed by atoms with Crippen LogP contribution in [0.4, 0.5) is 0 Å². The first-order chi connectivity index (χ1) is 11.5. The van der Waals surface area contributed by atoms with Crippen LogP contribution in [0.25, 0.3) is 10.9 Å². The molecule has 0 aliphatic carbocycles. The van der Waals surface area contributed by atoms with Gasteiger partial charge in [0.2, 0.25) is 9.84 Å². The molecule has 126 valence electrons. The van der Waals surface area contributed by atoms with Crippen molar-refractivity contribution in [3.8, 4) is 0 Å². The number of aromatic amines is 1. The lowest BCUT2D eigenvalue weighted by atomic mass is 10.1. The Morgan fingerprint density at radius 1 is 1.04 bits per heavy atom. The summed E-state index contributed by atoms with van der Waals surface area (Å²) in [5, 5.41) is 0.760. The fraction of sp³-hybridized carbons (Fsp3) is 0.263. The zero-order valence-electron chi connectivity index (χ0n) is 14.0. The van der Waals surface area contributed by atoms with E-state index in [0.29, 0.717) is 9.79 Å². The van der Waals surface area contributed by atoms with Crippen LogP contribution in [0.3, 0.4) is 0 Å². The molecule has 3 aromatic rings. The molecule has 0 atom stereocenters. The molecule has 3 rings (SSSR count). The standard InChI is InChI=1S/C19H22N2O2S/c1-3-21(2)13-12-15-8-7-11-17-18(14-20-19(15)17)24(22,23)16-9-5-4-6-10-16/h4-11,14,20H,3,12-13H2,1-2H3. The van der Waals surface area contributed by atoms with E-state index in [9.17, 15) is 8.42 Å². The van der Waals surface area contributed by atoms with Crippen LogP contribution in [0, 0.1) is 0 Å². The van der Waals surface area contributed by atoms with E-state index in [2.05, 4.69) is 29.9 Å². The first kappa shape index (κ1) is 16.7. The summed E-state index contributed by atoms with van der Waals surface area (Å²) in [6.07, 6.45) is 2.49. The number of hydrogen-bond donors (Lipinski definition) is 1. The molecule has 0 unspecified atom stereocenters. The van der Waals surface area contributed by atoms with Crippen molar-refractivity contribution in [2.24, 2.45) is 0 Å². The molecule has 0 bridgehead atoms. The van der Waals surface area contributed by atoms with Crippen molar-refractivity contribution in [2.75, 3.05) is 20.1 Å². The Kier molecular flexibility index (Phi) is 4.73. The third kappa shape index (κ3) is 3.09. The number of aromatic nitrogens is 1. The molecule has 0 radical (unpaired) electrons. The van der Waals surface area contributed by atoms with Gasteiger partial charge in [-0.1, -0.05) is 43.3 Å². The molecule has 1 heterocycles. The molecule has 0 saturated heterocycles. The lowest BCUT2D eigenvalue weighted by molar-refractivity contribution is 0.358. The number of H-pyrrole nitrogens is 1. The first-order valence-electron chi connectivity index (χ1n) is 8.11. The van der Waals surface area contributed by atoms with E-state index in [0.717, 1.165) is 36.0 Å². The number of sulfone groups is 1. The summed E-state index contributed by atoms with van der Waals surface area (Å²) in [5.41, 5.74) is 2.05. The van der Waals surface area contributed by atoms with Gasteiger partial charge in [-0.15, -0.1) is 0 Å². The second-order valence-electron chi connectivity index (χ2n) is 5.96. The molecule has 5 heteroatoms. The van der Waals surface area contributed by atoms with Gasteiger partial charge in [0.25, 0.3) is 0 Å². The van der Waals surface area contributed by atoms with E-state index < -0.39 is 9.84 Å². The summed E-state index contributed by atoms with van der Waals surface area (Å²) in [6, 6.07) is 14.4. The zero-order valence-corrected chi connectivity index (χ0v) is 14.8. The Morgan fingerprint density at radius 3 is 2.50 bits per heavy atom. The van der Waals surface area contributed by atoms with Crippen LogP contribution in [0.5, 0.6) is 0 Å². The predicted octanol–water partition coefficient (Wildman–Crippen LogP) is 3.49. The number of nitrogens with zero attached hydrogens (tertiary/aromatic N) is 1. The van der Waals surface area contributed by atoms with Crippen molar-refractivity contribution < 1.29 is 8.42 Å². The predicted molar refractivity (Wildman–Crippen MR) is 97.1 cm³/mol. The van der Waals surface area contributed by atoms with Gasteiger partial charge in [0.05, 0.1) is 15.3 Å². The average molecular weight is 342 g/mol. The van der Waals surface area contributed by atoms with Gasteiger partial charge in [0.1, 0.15) is 0 Å². The van der Waals surface area contributed by atoms with Gasteiger partial charge < -0.3 is 9.88 Å². The smallest absolute Gasteiger partial charge is 0.208 e. The van der Waals surface area contributed by atoms with E-state index in [-0.39, 0.29) is 0 Å². The fourth-order valence-electron chi connectivity index (χ4n) is 2.82. The van der Waals surface area contributed by atoms with Gasteiger partial charge in [-0.2, -0.15) is 0 Å². The molecule has 2 aromatic carbocycles. The number of benzene rings is 2. The summed E-state index contributed by atoms with van der Waals surface area (Å²) in [4.78, 5) is 6.08. The van der Waals surface area contributed by atoms with Crippen LogP contribution in [0.2, 0.25) is 0 Å². The second kappa shape index (κ2) is 6.79. The SMILES string of the molecule is CCN(C)CCc1cccc2c(S(=O)(=O)c3ccccc3)c[nH]c12. The van der Waals surface area contributed by atoms with Crippen LogP contribution in [0.15, 0.2) is 64.5 Å². The number of hydrogen-bond acceptors (Lipinski definition) is 3. The Balaban J connectivity index is 2.03. The highest BCUT2D eigenvalue weighted by molar-refractivity contribution is 7.91. The molecule has 0 aliphatic heterocycles. The van der Waals surface area contributed by atoms with E-state index >= 15 is 0 Å². The largest absolute Gasteiger partial charge is 0.360 e. The molecule has 0 spiro atoms. The van der Waals surface area contributed by atoms with Gasteiger partial charge in [0, 0.05) is 18.1 Å². The molecule has 0 saturated carbocycles. The highest BCUT2D eigenvalue weighted by Crippen LogP contribution is 2.30. The van der Waals surface area contributed by atoms with E-state index in [1.807, 2.05) is 18.2 Å². The van der Waals surface area contributed by atoms with E-state index in [1.165, 1.54) is 0 Å². The minimum Gasteiger partial charge on any atom is -0.360 e. The van der Waals surface area contributed by atoms with Crippen molar-refractivity contribution in [1.82, 2.24) is 9.88 Å². The maximum Gasteiger partial charge on any atom is 0.208 e. The number of para-hydroxylation sites is 1. The van der Waals surface area contributed by atoms with Crippen LogP contribution in [-0.4, -0.2) is 38.4 Å². The van der Waals surface area contributed by atoms with Gasteiger partial charge in [-0.3, -0.25) is 0 Å². The van der Waals surface area contributed by atoms with Gasteiger partial charge in [-0.25, -0.2) is 8.42 Å². The van der Waals surface area contributed by atoms with Crippen molar-refractivity contribution >= 4 is 20.7 Å². The molecule has 24 heavy (non-hydrogen) atoms. The van der Waals surface area contributed by atoms with Crippen molar-refractivity contribution in [3.63, 3.8) is 0 Å². The van der Waals surface area contributed by atoms with Crippen molar-refractivity contribution in [1.29, 1.82) is 0 Å². The molecule has 0 aliphatic rings. The summed E-state index contributed by atoms with van der Waals surface area (Å²) in [7, 11) is -1.43. The maximum atomic E-state index is 12.9. The van der Waals surface area contributed by atoms with Crippen LogP contribution >= 0.6 is 0 Å². The minimum atomic E-state index is -3.52. The summed E-state index contributed by atoms with van der Waals surface area (Å²) in [6.45, 7) is 4.06. The van der Waals surface area contributed by atoms with Crippen LogP contribution in [-0.2, 0) is 16.3 Å². The lowest BCUT2D eigenvalue weighted by Gasteiger charge is -2.13. The fourth-order valence-corrected chi connectivity index (χ4v) is 4.26. The van der Waals surface area contributed by atoms with Gasteiger partial charge >= 0.3 is 0 Å². The van der Waals surface area contributed by atoms with Crippen molar-refractivity contribution in [3.05, 3.63) is 60.3 Å². The normalized spacial score (nSPS) is 12.1. The minimum absolute atomic E-state index is 0.321. The molecule has 0 fully saturated rings. The molecule has 4 nitrogen and oxygen atoms in total. The first-order valence-corrected chi connectivity index (χ1v) is 9.60. The third-order valence-electron chi connectivity index (χ3n) is 4.41. The number of fused-ring (bicyclic) bond motifs is 1. The average Bonchev–Trinajstić information content (AvgIpc) is 3.05. The molecular weight excluding hydrogens is 320 g/mol. The Bertz CT molecular complexity index is 930. The maximum absolute atomic E-state index is 12.9. The van der Waals surface area contributed by atoms with Crippen molar-refractivity contribution in [2.45, 2.75) is 23.1 Å². The summed E-state index contributed by atoms with van der Waals surface area (Å²) in [5.74, 6) is 0. The van der Waals surface area contributed by atoms with Crippen LogP contribution in [0.1, 0.15) is 12.5 Å². The molecule has 1 aromatic heterocycles. The Morgan fingerprint density at radius 2 is 1.79 bits per heavy atom. The second-order valence-corrected chi connectivity index (χ2v) is 7.87. The zero-order chi connectivity index (χ0) is 17.2. The molecule has 1 N–H and O–H groups in total. The Hall–Kier alpha value is -2.11. The highest BCUT2D eigenvalue weighted by Gasteiger charge is 2.22.